The zero-order valence-electron chi connectivity index (χ0n) is 7.00. The second kappa shape index (κ2) is 4.97. The van der Waals surface area contributed by atoms with E-state index in [4.69, 9.17) is 6.42 Å². The van der Waals surface area contributed by atoms with Crippen LogP contribution in [0.4, 0.5) is 4.79 Å². The minimum atomic E-state index is -0.329. The van der Waals surface area contributed by atoms with Crippen LogP contribution in [0.2, 0.25) is 0 Å². The van der Waals surface area contributed by atoms with Gasteiger partial charge in [0.15, 0.2) is 6.29 Å². The van der Waals surface area contributed by atoms with E-state index < -0.39 is 0 Å². The Labute approximate surface area is 71.2 Å². The minimum Gasteiger partial charge on any atom is -0.341 e. The predicted molar refractivity (Wildman–Crippen MR) is 45.2 cm³/mol. The van der Waals surface area contributed by atoms with Gasteiger partial charge in [-0.25, -0.2) is 4.79 Å². The normalized spacial score (nSPS) is 9.92. The van der Waals surface area contributed by atoms with Crippen LogP contribution in [-0.2, 0) is 4.79 Å². The van der Waals surface area contributed by atoms with E-state index in [0.717, 1.165) is 0 Å². The second-order valence-electron chi connectivity index (χ2n) is 2.01. The lowest BCUT2D eigenvalue weighted by Crippen LogP contribution is -2.31. The molecule has 0 unspecified atom stereocenters. The van der Waals surface area contributed by atoms with E-state index in [1.165, 1.54) is 25.2 Å². The zero-order valence-corrected chi connectivity index (χ0v) is 7.00. The van der Waals surface area contributed by atoms with Gasteiger partial charge < -0.3 is 10.2 Å². The lowest BCUT2D eigenvalue weighted by molar-refractivity contribution is -0.104. The molecule has 0 aliphatic carbocycles. The Morgan fingerprint density at radius 1 is 1.67 bits per heavy atom. The topological polar surface area (TPSA) is 49.4 Å². The van der Waals surface area contributed by atoms with Gasteiger partial charge in [-0.2, -0.15) is 0 Å². The van der Waals surface area contributed by atoms with E-state index in [0.29, 0.717) is 6.29 Å². The van der Waals surface area contributed by atoms with Crippen molar-refractivity contribution in [2.75, 3.05) is 14.1 Å². The molecule has 0 saturated carbocycles. The molecule has 0 atom stereocenters. The third-order valence-corrected chi connectivity index (χ3v) is 1.16. The number of nitrogens with one attached hydrogen (secondary N) is 1. The van der Waals surface area contributed by atoms with Crippen molar-refractivity contribution < 1.29 is 9.59 Å². The first-order valence-corrected chi connectivity index (χ1v) is 3.23. The van der Waals surface area contributed by atoms with Gasteiger partial charge in [-0.1, -0.05) is 5.92 Å². The molecule has 0 aliphatic rings. The summed E-state index contributed by atoms with van der Waals surface area (Å²) in [7, 11) is 2.99. The first kappa shape index (κ1) is 10.2. The van der Waals surface area contributed by atoms with Crippen molar-refractivity contribution in [1.82, 2.24) is 10.2 Å². The van der Waals surface area contributed by atoms with Gasteiger partial charge in [0, 0.05) is 20.3 Å². The molecule has 0 aromatic heterocycles. The van der Waals surface area contributed by atoms with Crippen molar-refractivity contribution in [3.8, 4) is 12.3 Å². The Balaban J connectivity index is 4.42. The van der Waals surface area contributed by atoms with Crippen LogP contribution in [0.1, 0.15) is 0 Å². The predicted octanol–water partition coefficient (Wildman–Crippen LogP) is -0.0264. The summed E-state index contributed by atoms with van der Waals surface area (Å²) in [4.78, 5) is 22.3. The maximum absolute atomic E-state index is 10.9. The summed E-state index contributed by atoms with van der Waals surface area (Å²) in [6, 6.07) is -0.329. The van der Waals surface area contributed by atoms with Crippen LogP contribution in [0.15, 0.2) is 11.8 Å². The number of nitrogens with zero attached hydrogens (tertiary/aromatic N) is 1. The number of aldehydes is 1. The quantitative estimate of drug-likeness (QED) is 0.356. The molecule has 0 spiro atoms. The smallest absolute Gasteiger partial charge is 0.320 e. The maximum atomic E-state index is 10.9. The fourth-order valence-electron chi connectivity index (χ4n) is 0.545. The number of rotatable bonds is 2. The molecule has 0 aromatic rings. The molecule has 1 N–H and O–H groups in total. The Morgan fingerprint density at radius 2 is 2.25 bits per heavy atom. The number of amides is 2. The highest BCUT2D eigenvalue weighted by Gasteiger charge is 2.02. The average Bonchev–Trinajstić information content (AvgIpc) is 2.12. The molecule has 0 saturated heterocycles. The standard InChI is InChI=1S/C8H10N2O2/c1-4-7(6-11)5-10(3)8(12)9-2/h1,5-6H,2-3H3,(H,9,12)/b7-5-. The summed E-state index contributed by atoms with van der Waals surface area (Å²) in [5.74, 6) is 2.13. The molecule has 0 heterocycles. The number of hydrogen-bond acceptors (Lipinski definition) is 2. The molecule has 0 fully saturated rings. The largest absolute Gasteiger partial charge is 0.341 e. The highest BCUT2D eigenvalue weighted by atomic mass is 16.2. The summed E-state index contributed by atoms with van der Waals surface area (Å²) < 4.78 is 0. The fraction of sp³-hybridized carbons (Fsp3) is 0.250. The highest BCUT2D eigenvalue weighted by Crippen LogP contribution is 1.91. The summed E-state index contributed by atoms with van der Waals surface area (Å²) in [6.07, 6.45) is 6.76. The SMILES string of the molecule is C#C/C(C=O)=C/N(C)C(=O)NC. The van der Waals surface area contributed by atoms with Crippen LogP contribution in [0, 0.1) is 12.3 Å². The molecule has 2 amide bonds. The third-order valence-electron chi connectivity index (χ3n) is 1.16. The van der Waals surface area contributed by atoms with Gasteiger partial charge in [-0.05, 0) is 0 Å². The van der Waals surface area contributed by atoms with Crippen LogP contribution >= 0.6 is 0 Å². The number of allylic oxidation sites excluding steroid dienone is 1. The molecule has 4 heteroatoms. The Morgan fingerprint density at radius 3 is 2.58 bits per heavy atom. The Hall–Kier alpha value is -1.76. The number of carbonyl (C=O) groups excluding carboxylic acids is 2. The first-order valence-electron chi connectivity index (χ1n) is 3.23. The van der Waals surface area contributed by atoms with Gasteiger partial charge in [-0.3, -0.25) is 4.79 Å². The molecular weight excluding hydrogens is 156 g/mol. The van der Waals surface area contributed by atoms with Gasteiger partial charge in [-0.15, -0.1) is 6.42 Å². The number of hydrogen-bond donors (Lipinski definition) is 1. The summed E-state index contributed by atoms with van der Waals surface area (Å²) in [5.41, 5.74) is 0.126. The van der Waals surface area contributed by atoms with E-state index in [2.05, 4.69) is 11.2 Å². The summed E-state index contributed by atoms with van der Waals surface area (Å²) in [5, 5.41) is 2.38. The van der Waals surface area contributed by atoms with Crippen LogP contribution in [0.5, 0.6) is 0 Å². The van der Waals surface area contributed by atoms with Crippen LogP contribution < -0.4 is 5.32 Å². The lowest BCUT2D eigenvalue weighted by atomic mass is 10.3. The molecular formula is C8H10N2O2. The van der Waals surface area contributed by atoms with E-state index in [1.54, 1.807) is 0 Å². The molecule has 0 bridgehead atoms. The van der Waals surface area contributed by atoms with Crippen molar-refractivity contribution in [1.29, 1.82) is 0 Å². The maximum Gasteiger partial charge on any atom is 0.320 e. The van der Waals surface area contributed by atoms with Crippen molar-refractivity contribution in [2.24, 2.45) is 0 Å². The van der Waals surface area contributed by atoms with Crippen LogP contribution in [0.3, 0.4) is 0 Å². The Kier molecular flexibility index (Phi) is 4.24. The number of urea groups is 1. The first-order chi connectivity index (χ1) is 5.65. The van der Waals surface area contributed by atoms with Crippen molar-refractivity contribution in [3.63, 3.8) is 0 Å². The minimum absolute atomic E-state index is 0.126. The molecule has 0 aromatic carbocycles. The molecule has 0 radical (unpaired) electrons. The van der Waals surface area contributed by atoms with Gasteiger partial charge >= 0.3 is 6.03 Å². The Bertz CT molecular complexity index is 250. The molecule has 4 nitrogen and oxygen atoms in total. The van der Waals surface area contributed by atoms with Crippen LogP contribution in [-0.4, -0.2) is 31.3 Å². The van der Waals surface area contributed by atoms with Crippen molar-refractivity contribution in [3.05, 3.63) is 11.8 Å². The van der Waals surface area contributed by atoms with Gasteiger partial charge in [0.1, 0.15) is 0 Å². The van der Waals surface area contributed by atoms with E-state index >= 15 is 0 Å². The van der Waals surface area contributed by atoms with Crippen molar-refractivity contribution >= 4 is 12.3 Å². The van der Waals surface area contributed by atoms with Gasteiger partial charge in [0.25, 0.3) is 0 Å². The molecule has 0 aliphatic heterocycles. The molecule has 64 valence electrons. The second-order valence-corrected chi connectivity index (χ2v) is 2.01. The van der Waals surface area contributed by atoms with Crippen LogP contribution in [0.25, 0.3) is 0 Å². The van der Waals surface area contributed by atoms with Gasteiger partial charge in [0.2, 0.25) is 0 Å². The van der Waals surface area contributed by atoms with E-state index in [-0.39, 0.29) is 11.6 Å². The highest BCUT2D eigenvalue weighted by molar-refractivity contribution is 5.82. The third kappa shape index (κ3) is 2.88. The summed E-state index contributed by atoms with van der Waals surface area (Å²) in [6.45, 7) is 0. The molecule has 0 rings (SSSR count). The lowest BCUT2D eigenvalue weighted by Gasteiger charge is -2.10. The summed E-state index contributed by atoms with van der Waals surface area (Å²) >= 11 is 0. The number of carbonyl (C=O) groups is 2. The molecule has 12 heavy (non-hydrogen) atoms. The monoisotopic (exact) mass is 166 g/mol. The van der Waals surface area contributed by atoms with Gasteiger partial charge in [0.05, 0.1) is 5.57 Å². The number of terminal acetylenes is 1. The zero-order chi connectivity index (χ0) is 9.56. The van der Waals surface area contributed by atoms with E-state index in [1.807, 2.05) is 0 Å². The van der Waals surface area contributed by atoms with Crippen molar-refractivity contribution in [2.45, 2.75) is 0 Å². The average molecular weight is 166 g/mol. The fourth-order valence-corrected chi connectivity index (χ4v) is 0.545. The van der Waals surface area contributed by atoms with E-state index in [9.17, 15) is 9.59 Å².